The van der Waals surface area contributed by atoms with Crippen LogP contribution >= 0.6 is 0 Å². The monoisotopic (exact) mass is 776 g/mol. The van der Waals surface area contributed by atoms with Gasteiger partial charge in [-0.1, -0.05) is 141 Å². The molecule has 0 aromatic heterocycles. The summed E-state index contributed by atoms with van der Waals surface area (Å²) in [6.45, 7) is 33.5. The number of allylic oxidation sites excluding steroid dienone is 4. The smallest absolute Gasteiger partial charge is 1.00 e. The van der Waals surface area contributed by atoms with Gasteiger partial charge in [0.25, 0.3) is 0 Å². The van der Waals surface area contributed by atoms with Crippen molar-refractivity contribution in [2.75, 3.05) is 0 Å². The fraction of sp³-hybridized carbons (Fsp3) is 0.514. The molecule has 0 radical (unpaired) electrons. The van der Waals surface area contributed by atoms with Crippen molar-refractivity contribution in [3.8, 4) is 0 Å². The Morgan fingerprint density at radius 3 is 1.70 bits per heavy atom. The van der Waals surface area contributed by atoms with Crippen molar-refractivity contribution in [2.45, 2.75) is 106 Å². The van der Waals surface area contributed by atoms with E-state index >= 15 is 0 Å². The summed E-state index contributed by atoms with van der Waals surface area (Å²) in [5, 5.41) is 9.54. The minimum absolute atomic E-state index is 0. The Morgan fingerprint density at radius 1 is 0.725 bits per heavy atom. The largest absolute Gasteiger partial charge is 4.00 e. The molecule has 5 rings (SSSR count). The normalized spacial score (nSPS) is 18.9. The van der Waals surface area contributed by atoms with Crippen LogP contribution in [0.15, 0.2) is 48.1 Å². The molecule has 0 amide bonds. The number of hydrogen-bond acceptors (Lipinski definition) is 0. The predicted octanol–water partition coefficient (Wildman–Crippen LogP) is 3.20. The van der Waals surface area contributed by atoms with Gasteiger partial charge in [-0.3, -0.25) is 6.08 Å². The fourth-order valence-corrected chi connectivity index (χ4v) is 17.2. The van der Waals surface area contributed by atoms with Gasteiger partial charge >= 0.3 is 25.8 Å². The SMILES string of the molecule is CC(C)(C)c1ccc2[cH-]c3c4c(c(C(C)(C)C)cc3c2c1)[Si](C)(C)[Si]4(C)C.CC1[C-]=CC(C(C)(C)C)=C1.[Cl-].[Cl-].[Hf+4]. The summed E-state index contributed by atoms with van der Waals surface area (Å²) in [6, 6.07) is 12.2. The molecule has 3 aromatic rings. The van der Waals surface area contributed by atoms with Crippen LogP contribution in [-0.4, -0.2) is 15.2 Å². The Balaban J connectivity index is 0.000000528. The zero-order chi connectivity index (χ0) is 27.9. The molecule has 5 heteroatoms. The Hall–Kier alpha value is -0.326. The van der Waals surface area contributed by atoms with Crippen molar-refractivity contribution in [2.24, 2.45) is 11.3 Å². The topological polar surface area (TPSA) is 0 Å². The van der Waals surface area contributed by atoms with Crippen LogP contribution in [0.2, 0.25) is 26.2 Å². The second kappa shape index (κ2) is 12.0. The van der Waals surface area contributed by atoms with Crippen molar-refractivity contribution < 1.29 is 50.7 Å². The predicted molar refractivity (Wildman–Crippen MR) is 173 cm³/mol. The molecule has 0 saturated heterocycles. The summed E-state index contributed by atoms with van der Waals surface area (Å²) in [5.41, 5.74) is 5.18. The number of fused-ring (bicyclic) bond motifs is 5. The first-order valence-corrected chi connectivity index (χ1v) is 21.2. The van der Waals surface area contributed by atoms with Crippen molar-refractivity contribution in [1.29, 1.82) is 0 Å². The first-order valence-electron chi connectivity index (χ1n) is 14.2. The molecule has 1 aliphatic carbocycles. The summed E-state index contributed by atoms with van der Waals surface area (Å²) in [4.78, 5) is 0. The Morgan fingerprint density at radius 2 is 1.27 bits per heavy atom. The molecule has 0 spiro atoms. The van der Waals surface area contributed by atoms with E-state index in [2.05, 4.69) is 144 Å². The molecule has 2 aliphatic rings. The molecular weight excluding hydrogens is 726 g/mol. The molecule has 0 saturated carbocycles. The van der Waals surface area contributed by atoms with E-state index < -0.39 is 15.2 Å². The third-order valence-corrected chi connectivity index (χ3v) is 27.1. The molecule has 0 nitrogen and oxygen atoms in total. The van der Waals surface area contributed by atoms with Gasteiger partial charge in [-0.15, -0.1) is 38.9 Å². The maximum atomic E-state index is 3.26. The number of halogens is 2. The van der Waals surface area contributed by atoms with E-state index in [1.807, 2.05) is 0 Å². The first kappa shape index (κ1) is 37.7. The fourth-order valence-electron chi connectivity index (χ4n) is 6.11. The summed E-state index contributed by atoms with van der Waals surface area (Å²) >= 11 is 0. The molecule has 216 valence electrons. The molecule has 1 heterocycles. The molecular formula is C35H50Cl2HfSi2. The van der Waals surface area contributed by atoms with Gasteiger partial charge in [-0.25, -0.2) is 6.08 Å². The molecule has 0 fully saturated rings. The quantitative estimate of drug-likeness (QED) is 0.244. The third kappa shape index (κ3) is 6.44. The van der Waals surface area contributed by atoms with Gasteiger partial charge in [0.1, 0.15) is 0 Å². The molecule has 3 aromatic carbocycles. The van der Waals surface area contributed by atoms with Gasteiger partial charge in [0.15, 0.2) is 0 Å². The molecule has 0 bridgehead atoms. The van der Waals surface area contributed by atoms with E-state index in [4.69, 9.17) is 0 Å². The van der Waals surface area contributed by atoms with E-state index in [1.165, 1.54) is 27.3 Å². The Labute approximate surface area is 278 Å². The first-order chi connectivity index (χ1) is 16.7. The molecule has 1 aliphatic heterocycles. The standard InChI is InChI=1S/C25H35Si2.C10H15.2ClH.Hf/c1-24(2,3)17-12-11-16-13-20-19(18(16)14-17)15-21(25(4,5)6)23-22(20)26(7,8)27(23,9)10;1-8-5-6-9(7-8)10(2,3)4;;;/h11-15H,1-10H3;6-8H,1-4H3;2*1H;/q2*-1;;;+4/p-2. The van der Waals surface area contributed by atoms with Crippen LogP contribution in [0.3, 0.4) is 0 Å². The maximum absolute atomic E-state index is 3.26. The van der Waals surface area contributed by atoms with Gasteiger partial charge in [-0.2, -0.15) is 11.6 Å². The second-order valence-electron chi connectivity index (χ2n) is 15.8. The number of benzene rings is 2. The molecule has 40 heavy (non-hydrogen) atoms. The van der Waals surface area contributed by atoms with Crippen LogP contribution in [0.4, 0.5) is 0 Å². The average Bonchev–Trinajstić information content (AvgIpc) is 3.34. The average molecular weight is 776 g/mol. The zero-order valence-corrected chi connectivity index (χ0v) is 34.5. The van der Waals surface area contributed by atoms with Gasteiger partial charge in [0.05, 0.1) is 7.59 Å². The van der Waals surface area contributed by atoms with Crippen LogP contribution in [0.25, 0.3) is 21.5 Å². The maximum Gasteiger partial charge on any atom is 4.00 e. The van der Waals surface area contributed by atoms with Crippen LogP contribution in [0, 0.1) is 17.4 Å². The third-order valence-electron chi connectivity index (χ3n) is 9.29. The summed E-state index contributed by atoms with van der Waals surface area (Å²) in [6.07, 6.45) is 7.65. The van der Waals surface area contributed by atoms with Crippen LogP contribution in [0.5, 0.6) is 0 Å². The van der Waals surface area contributed by atoms with Crippen molar-refractivity contribution >= 4 is 47.1 Å². The van der Waals surface area contributed by atoms with E-state index in [-0.39, 0.29) is 61.5 Å². The van der Waals surface area contributed by atoms with Crippen LogP contribution in [0.1, 0.15) is 80.4 Å². The van der Waals surface area contributed by atoms with Gasteiger partial charge in [-0.05, 0) is 10.8 Å². The minimum atomic E-state index is -1.35. The Bertz CT molecular complexity index is 1430. The van der Waals surface area contributed by atoms with Crippen molar-refractivity contribution in [3.63, 3.8) is 0 Å². The van der Waals surface area contributed by atoms with E-state index in [9.17, 15) is 0 Å². The zero-order valence-electron chi connectivity index (χ0n) is 27.4. The van der Waals surface area contributed by atoms with Crippen molar-refractivity contribution in [3.05, 3.63) is 65.3 Å². The number of rotatable bonds is 0. The summed E-state index contributed by atoms with van der Waals surface area (Å²) in [7, 11) is -2.67. The van der Waals surface area contributed by atoms with E-state index in [0.29, 0.717) is 11.3 Å². The minimum Gasteiger partial charge on any atom is -1.00 e. The molecule has 1 unspecified atom stereocenters. The van der Waals surface area contributed by atoms with E-state index in [1.54, 1.807) is 21.3 Å². The van der Waals surface area contributed by atoms with Crippen molar-refractivity contribution in [1.82, 2.24) is 0 Å². The molecule has 0 N–H and O–H groups in total. The van der Waals surface area contributed by atoms with Gasteiger partial charge in [0, 0.05) is 7.59 Å². The van der Waals surface area contributed by atoms with Gasteiger partial charge in [0.2, 0.25) is 0 Å². The summed E-state index contributed by atoms with van der Waals surface area (Å²) in [5.74, 6) is 0.522. The van der Waals surface area contributed by atoms with E-state index in [0.717, 1.165) is 0 Å². The van der Waals surface area contributed by atoms with Gasteiger partial charge < -0.3 is 24.8 Å². The Kier molecular flexibility index (Phi) is 11.3. The number of hydrogen-bond donors (Lipinski definition) is 0. The second-order valence-corrected chi connectivity index (χ2v) is 30.8. The van der Waals surface area contributed by atoms with Crippen LogP contribution < -0.4 is 35.2 Å². The molecule has 1 atom stereocenters. The summed E-state index contributed by atoms with van der Waals surface area (Å²) < 4.78 is 0. The van der Waals surface area contributed by atoms with Crippen LogP contribution in [-0.2, 0) is 36.7 Å².